The molecule has 2 heterocycles. The maximum atomic E-state index is 12.7. The van der Waals surface area contributed by atoms with Crippen molar-refractivity contribution in [2.24, 2.45) is 5.92 Å². The van der Waals surface area contributed by atoms with Crippen molar-refractivity contribution in [2.45, 2.75) is 30.6 Å². The summed E-state index contributed by atoms with van der Waals surface area (Å²) in [5, 5.41) is 2.93. The highest BCUT2D eigenvalue weighted by Gasteiger charge is 2.32. The Hall–Kier alpha value is -2.71. The van der Waals surface area contributed by atoms with Gasteiger partial charge in [0.1, 0.15) is 0 Å². The third-order valence-electron chi connectivity index (χ3n) is 5.70. The third-order valence-corrected chi connectivity index (χ3v) is 7.62. The van der Waals surface area contributed by atoms with E-state index in [-0.39, 0.29) is 22.6 Å². The lowest BCUT2D eigenvalue weighted by atomic mass is 9.97. The standard InChI is InChI=1S/C22H25N3O4S/c26-21-10-5-13-25(21)19-7-4-6-18(16-19)23-22(27)17-11-14-24(15-12-17)30(28,29)20-8-2-1-3-9-20/h1-4,6-9,16-17H,5,10-15H2,(H,23,27). The summed E-state index contributed by atoms with van der Waals surface area (Å²) in [5.74, 6) is -0.258. The molecule has 158 valence electrons. The van der Waals surface area contributed by atoms with Gasteiger partial charge in [-0.15, -0.1) is 0 Å². The Labute approximate surface area is 176 Å². The molecule has 4 rings (SSSR count). The number of sulfonamides is 1. The van der Waals surface area contributed by atoms with Crippen molar-refractivity contribution in [3.8, 4) is 0 Å². The van der Waals surface area contributed by atoms with E-state index >= 15 is 0 Å². The van der Waals surface area contributed by atoms with Gasteiger partial charge in [0.25, 0.3) is 0 Å². The average molecular weight is 428 g/mol. The molecule has 30 heavy (non-hydrogen) atoms. The van der Waals surface area contributed by atoms with Gasteiger partial charge in [-0.3, -0.25) is 9.59 Å². The lowest BCUT2D eigenvalue weighted by molar-refractivity contribution is -0.121. The van der Waals surface area contributed by atoms with Crippen LogP contribution < -0.4 is 10.2 Å². The molecule has 2 aliphatic rings. The fraction of sp³-hybridized carbons (Fsp3) is 0.364. The smallest absolute Gasteiger partial charge is 0.243 e. The van der Waals surface area contributed by atoms with Crippen molar-refractivity contribution >= 4 is 33.2 Å². The van der Waals surface area contributed by atoms with Crippen LogP contribution in [0.15, 0.2) is 59.5 Å². The molecule has 2 fully saturated rings. The topological polar surface area (TPSA) is 86.8 Å². The van der Waals surface area contributed by atoms with Gasteiger partial charge < -0.3 is 10.2 Å². The Morgan fingerprint density at radius 1 is 0.967 bits per heavy atom. The molecule has 2 aliphatic heterocycles. The first-order chi connectivity index (χ1) is 14.4. The summed E-state index contributed by atoms with van der Waals surface area (Å²) in [6.45, 7) is 1.33. The zero-order valence-electron chi connectivity index (χ0n) is 16.7. The molecule has 0 aromatic heterocycles. The lowest BCUT2D eigenvalue weighted by Gasteiger charge is -2.30. The summed E-state index contributed by atoms with van der Waals surface area (Å²) >= 11 is 0. The Bertz CT molecular complexity index is 1030. The van der Waals surface area contributed by atoms with E-state index in [0.717, 1.165) is 12.1 Å². The summed E-state index contributed by atoms with van der Waals surface area (Å²) in [5.41, 5.74) is 1.44. The molecule has 0 atom stereocenters. The van der Waals surface area contributed by atoms with Gasteiger partial charge in [0, 0.05) is 43.3 Å². The second kappa shape index (κ2) is 8.57. The van der Waals surface area contributed by atoms with Crippen molar-refractivity contribution in [3.63, 3.8) is 0 Å². The summed E-state index contributed by atoms with van der Waals surface area (Å²) < 4.78 is 26.9. The molecule has 1 N–H and O–H groups in total. The number of nitrogens with one attached hydrogen (secondary N) is 1. The summed E-state index contributed by atoms with van der Waals surface area (Å²) in [7, 11) is -3.53. The highest BCUT2D eigenvalue weighted by Crippen LogP contribution is 2.27. The van der Waals surface area contributed by atoms with Crippen LogP contribution in [0.5, 0.6) is 0 Å². The van der Waals surface area contributed by atoms with Crippen LogP contribution in [-0.4, -0.2) is 44.2 Å². The summed E-state index contributed by atoms with van der Waals surface area (Å²) in [6.07, 6.45) is 2.35. The van der Waals surface area contributed by atoms with Crippen molar-refractivity contribution in [1.29, 1.82) is 0 Å². The molecule has 2 aromatic carbocycles. The van der Waals surface area contributed by atoms with Gasteiger partial charge in [-0.25, -0.2) is 8.42 Å². The van der Waals surface area contributed by atoms with Gasteiger partial charge >= 0.3 is 0 Å². The summed E-state index contributed by atoms with van der Waals surface area (Å²) in [4.78, 5) is 26.7. The number of rotatable bonds is 5. The fourth-order valence-electron chi connectivity index (χ4n) is 4.02. The van der Waals surface area contributed by atoms with Crippen molar-refractivity contribution in [3.05, 3.63) is 54.6 Å². The van der Waals surface area contributed by atoms with E-state index in [1.54, 1.807) is 41.3 Å². The first-order valence-corrected chi connectivity index (χ1v) is 11.7. The van der Waals surface area contributed by atoms with E-state index in [9.17, 15) is 18.0 Å². The summed E-state index contributed by atoms with van der Waals surface area (Å²) in [6, 6.07) is 15.7. The molecule has 0 unspecified atom stereocenters. The normalized spacial score (nSPS) is 18.5. The lowest BCUT2D eigenvalue weighted by Crippen LogP contribution is -2.41. The Kier molecular flexibility index (Phi) is 5.87. The van der Waals surface area contributed by atoms with Crippen LogP contribution in [0.3, 0.4) is 0 Å². The van der Waals surface area contributed by atoms with Crippen LogP contribution in [0.2, 0.25) is 0 Å². The van der Waals surface area contributed by atoms with Crippen molar-refractivity contribution in [1.82, 2.24) is 4.31 Å². The maximum Gasteiger partial charge on any atom is 0.243 e. The van der Waals surface area contributed by atoms with Crippen LogP contribution in [0.25, 0.3) is 0 Å². The number of piperidine rings is 1. The van der Waals surface area contributed by atoms with Crippen molar-refractivity contribution in [2.75, 3.05) is 29.9 Å². The first-order valence-electron chi connectivity index (χ1n) is 10.2. The van der Waals surface area contributed by atoms with Gasteiger partial charge in [-0.2, -0.15) is 4.31 Å². The molecule has 0 aliphatic carbocycles. The van der Waals surface area contributed by atoms with Gasteiger partial charge in [0.2, 0.25) is 21.8 Å². The Morgan fingerprint density at radius 2 is 1.70 bits per heavy atom. The largest absolute Gasteiger partial charge is 0.326 e. The van der Waals surface area contributed by atoms with E-state index in [4.69, 9.17) is 0 Å². The van der Waals surface area contributed by atoms with Crippen LogP contribution in [0.1, 0.15) is 25.7 Å². The first kappa shape index (κ1) is 20.6. The molecule has 7 nitrogen and oxygen atoms in total. The SMILES string of the molecule is O=C(Nc1cccc(N2CCCC2=O)c1)C1CCN(S(=O)(=O)c2ccccc2)CC1. The number of carbonyl (C=O) groups is 2. The third kappa shape index (κ3) is 4.24. The second-order valence-corrected chi connectivity index (χ2v) is 9.62. The molecule has 0 saturated carbocycles. The highest BCUT2D eigenvalue weighted by atomic mass is 32.2. The Morgan fingerprint density at radius 3 is 2.37 bits per heavy atom. The van der Waals surface area contributed by atoms with Gasteiger partial charge in [-0.05, 0) is 49.6 Å². The number of benzene rings is 2. The number of nitrogens with zero attached hydrogens (tertiary/aromatic N) is 2. The molecule has 0 spiro atoms. The zero-order valence-corrected chi connectivity index (χ0v) is 17.5. The molecule has 8 heteroatoms. The molecule has 2 saturated heterocycles. The minimum Gasteiger partial charge on any atom is -0.326 e. The van der Waals surface area contributed by atoms with E-state index < -0.39 is 10.0 Å². The maximum absolute atomic E-state index is 12.7. The highest BCUT2D eigenvalue weighted by molar-refractivity contribution is 7.89. The molecule has 2 amide bonds. The zero-order chi connectivity index (χ0) is 21.1. The van der Waals surface area contributed by atoms with E-state index in [2.05, 4.69) is 5.32 Å². The van der Waals surface area contributed by atoms with Crippen LogP contribution in [0.4, 0.5) is 11.4 Å². The van der Waals surface area contributed by atoms with Gasteiger partial charge in [-0.1, -0.05) is 24.3 Å². The van der Waals surface area contributed by atoms with E-state index in [1.807, 2.05) is 18.2 Å². The minimum absolute atomic E-state index is 0.102. The predicted octanol–water partition coefficient (Wildman–Crippen LogP) is 2.85. The van der Waals surface area contributed by atoms with Crippen molar-refractivity contribution < 1.29 is 18.0 Å². The monoisotopic (exact) mass is 427 g/mol. The quantitative estimate of drug-likeness (QED) is 0.795. The van der Waals surface area contributed by atoms with Crippen LogP contribution in [0, 0.1) is 5.92 Å². The fourth-order valence-corrected chi connectivity index (χ4v) is 5.51. The number of carbonyl (C=O) groups excluding carboxylic acids is 2. The molecule has 2 aromatic rings. The second-order valence-electron chi connectivity index (χ2n) is 7.68. The van der Waals surface area contributed by atoms with Crippen LogP contribution in [-0.2, 0) is 19.6 Å². The van der Waals surface area contributed by atoms with Gasteiger partial charge in [0.15, 0.2) is 0 Å². The minimum atomic E-state index is -3.53. The number of hydrogen-bond donors (Lipinski definition) is 1. The molecular weight excluding hydrogens is 402 g/mol. The number of hydrogen-bond acceptors (Lipinski definition) is 4. The van der Waals surface area contributed by atoms with Crippen LogP contribution >= 0.6 is 0 Å². The number of amides is 2. The number of anilines is 2. The average Bonchev–Trinajstić information content (AvgIpc) is 3.20. The molecule has 0 bridgehead atoms. The molecule has 0 radical (unpaired) electrons. The van der Waals surface area contributed by atoms with E-state index in [0.29, 0.717) is 44.6 Å². The van der Waals surface area contributed by atoms with E-state index in [1.165, 1.54) is 4.31 Å². The molecular formula is C22H25N3O4S. The van der Waals surface area contributed by atoms with Gasteiger partial charge in [0.05, 0.1) is 4.90 Å². The Balaban J connectivity index is 1.37. The predicted molar refractivity (Wildman–Crippen MR) is 115 cm³/mol.